The number of fused-ring (bicyclic) bond motifs is 1. The summed E-state index contributed by atoms with van der Waals surface area (Å²) in [4.78, 5) is 29.4. The minimum absolute atomic E-state index is 0.0240. The van der Waals surface area contributed by atoms with E-state index in [4.69, 9.17) is 10.00 Å². The fraction of sp³-hybridized carbons (Fsp3) is 0.409. The van der Waals surface area contributed by atoms with Gasteiger partial charge in [0.1, 0.15) is 16.8 Å². The molecule has 8 heteroatoms. The average molecular weight is 425 g/mol. The van der Waals surface area contributed by atoms with Crippen LogP contribution in [-0.4, -0.2) is 49.0 Å². The van der Waals surface area contributed by atoms with Gasteiger partial charge in [-0.3, -0.25) is 9.59 Å². The molecule has 2 aromatic rings. The molecule has 0 radical (unpaired) electrons. The normalized spacial score (nSPS) is 18.2. The van der Waals surface area contributed by atoms with Crippen molar-refractivity contribution in [1.82, 2.24) is 4.90 Å². The van der Waals surface area contributed by atoms with E-state index in [9.17, 15) is 9.59 Å². The summed E-state index contributed by atoms with van der Waals surface area (Å²) in [6, 6.07) is 11.4. The summed E-state index contributed by atoms with van der Waals surface area (Å²) in [5, 5.41) is 14.3. The topological polar surface area (TPSA) is 85.7 Å². The number of likely N-dealkylation sites (tertiary alicyclic amines) is 1. The highest BCUT2D eigenvalue weighted by molar-refractivity contribution is 7.14. The number of hydrogen-bond donors (Lipinski definition) is 1. The van der Waals surface area contributed by atoms with E-state index in [0.717, 1.165) is 38.0 Å². The van der Waals surface area contributed by atoms with Gasteiger partial charge in [0.05, 0.1) is 17.8 Å². The SMILES string of the molecule is N#Cc1ccsc1NC(=O)CCN1C[C@H](C(=O)N2CCCCC2)Oc2ccccc21. The van der Waals surface area contributed by atoms with Gasteiger partial charge in [0.2, 0.25) is 5.91 Å². The highest BCUT2D eigenvalue weighted by Crippen LogP contribution is 2.34. The van der Waals surface area contributed by atoms with Crippen molar-refractivity contribution in [1.29, 1.82) is 5.26 Å². The Balaban J connectivity index is 1.43. The number of benzene rings is 1. The van der Waals surface area contributed by atoms with E-state index in [1.54, 1.807) is 11.4 Å². The number of nitrogens with one attached hydrogen (secondary N) is 1. The predicted molar refractivity (Wildman–Crippen MR) is 116 cm³/mol. The number of hydrogen-bond acceptors (Lipinski definition) is 6. The van der Waals surface area contributed by atoms with E-state index < -0.39 is 6.10 Å². The molecule has 156 valence electrons. The number of amides is 2. The van der Waals surface area contributed by atoms with Crippen LogP contribution >= 0.6 is 11.3 Å². The number of anilines is 2. The van der Waals surface area contributed by atoms with Crippen molar-refractivity contribution in [2.75, 3.05) is 36.4 Å². The lowest BCUT2D eigenvalue weighted by Crippen LogP contribution is -2.51. The maximum absolute atomic E-state index is 13.0. The molecule has 3 heterocycles. The lowest BCUT2D eigenvalue weighted by Gasteiger charge is -2.38. The maximum atomic E-state index is 13.0. The molecule has 2 amide bonds. The Labute approximate surface area is 179 Å². The van der Waals surface area contributed by atoms with Gasteiger partial charge in [0, 0.05) is 26.1 Å². The Morgan fingerprint density at radius 2 is 2.00 bits per heavy atom. The first kappa shape index (κ1) is 20.2. The molecule has 0 saturated carbocycles. The van der Waals surface area contributed by atoms with Crippen molar-refractivity contribution in [3.05, 3.63) is 41.3 Å². The van der Waals surface area contributed by atoms with Crippen LogP contribution < -0.4 is 15.0 Å². The third-order valence-electron chi connectivity index (χ3n) is 5.45. The molecule has 2 aliphatic rings. The zero-order valence-corrected chi connectivity index (χ0v) is 17.5. The maximum Gasteiger partial charge on any atom is 0.265 e. The minimum Gasteiger partial charge on any atom is -0.477 e. The molecule has 7 nitrogen and oxygen atoms in total. The average Bonchev–Trinajstić information content (AvgIpc) is 3.24. The largest absolute Gasteiger partial charge is 0.477 e. The second-order valence-corrected chi connectivity index (χ2v) is 8.40. The van der Waals surface area contributed by atoms with Gasteiger partial charge >= 0.3 is 0 Å². The van der Waals surface area contributed by atoms with Gasteiger partial charge < -0.3 is 19.9 Å². The van der Waals surface area contributed by atoms with Crippen molar-refractivity contribution in [2.45, 2.75) is 31.8 Å². The Bertz CT molecular complexity index is 961. The molecule has 0 aliphatic carbocycles. The lowest BCUT2D eigenvalue weighted by atomic mass is 10.1. The second-order valence-electron chi connectivity index (χ2n) is 7.48. The summed E-state index contributed by atoms with van der Waals surface area (Å²) in [5.74, 6) is 0.539. The number of piperidine rings is 1. The molecule has 1 aromatic heterocycles. The Hall–Kier alpha value is -3.05. The highest BCUT2D eigenvalue weighted by Gasteiger charge is 2.34. The number of rotatable bonds is 5. The molecule has 1 fully saturated rings. The van der Waals surface area contributed by atoms with E-state index in [0.29, 0.717) is 29.4 Å². The van der Waals surface area contributed by atoms with Gasteiger partial charge in [0.25, 0.3) is 5.91 Å². The van der Waals surface area contributed by atoms with Gasteiger partial charge in [-0.15, -0.1) is 11.3 Å². The van der Waals surface area contributed by atoms with E-state index in [1.807, 2.05) is 34.1 Å². The number of carbonyl (C=O) groups is 2. The number of nitriles is 1. The zero-order chi connectivity index (χ0) is 20.9. The van der Waals surface area contributed by atoms with Gasteiger partial charge in [0.15, 0.2) is 6.10 Å². The summed E-state index contributed by atoms with van der Waals surface area (Å²) >= 11 is 1.33. The Morgan fingerprint density at radius 1 is 1.20 bits per heavy atom. The van der Waals surface area contributed by atoms with Crippen molar-refractivity contribution in [3.8, 4) is 11.8 Å². The van der Waals surface area contributed by atoms with Crippen molar-refractivity contribution >= 4 is 33.8 Å². The summed E-state index contributed by atoms with van der Waals surface area (Å²) in [6.45, 7) is 2.45. The number of thiophene rings is 1. The monoisotopic (exact) mass is 424 g/mol. The number of para-hydroxylation sites is 2. The van der Waals surface area contributed by atoms with Crippen LogP contribution in [0.3, 0.4) is 0 Å². The highest BCUT2D eigenvalue weighted by atomic mass is 32.1. The van der Waals surface area contributed by atoms with Crippen LogP contribution in [-0.2, 0) is 9.59 Å². The van der Waals surface area contributed by atoms with Gasteiger partial charge in [-0.25, -0.2) is 0 Å². The van der Waals surface area contributed by atoms with Crippen molar-refractivity contribution < 1.29 is 14.3 Å². The summed E-state index contributed by atoms with van der Waals surface area (Å²) in [5.41, 5.74) is 1.36. The molecule has 1 aromatic carbocycles. The summed E-state index contributed by atoms with van der Waals surface area (Å²) in [6.07, 6.45) is 2.92. The van der Waals surface area contributed by atoms with Crippen LogP contribution in [0.5, 0.6) is 5.75 Å². The minimum atomic E-state index is -0.566. The van der Waals surface area contributed by atoms with Crippen LogP contribution in [0, 0.1) is 11.3 Å². The molecule has 1 N–H and O–H groups in total. The number of ether oxygens (including phenoxy) is 1. The zero-order valence-electron chi connectivity index (χ0n) is 16.7. The van der Waals surface area contributed by atoms with E-state index >= 15 is 0 Å². The first-order valence-corrected chi connectivity index (χ1v) is 11.1. The van der Waals surface area contributed by atoms with Gasteiger partial charge in [-0.2, -0.15) is 5.26 Å². The van der Waals surface area contributed by atoms with Crippen molar-refractivity contribution in [2.24, 2.45) is 0 Å². The predicted octanol–water partition coefficient (Wildman–Crippen LogP) is 3.23. The fourth-order valence-electron chi connectivity index (χ4n) is 3.89. The molecule has 0 unspecified atom stereocenters. The van der Waals surface area contributed by atoms with Crippen LogP contribution in [0.15, 0.2) is 35.7 Å². The van der Waals surface area contributed by atoms with Gasteiger partial charge in [-0.1, -0.05) is 12.1 Å². The van der Waals surface area contributed by atoms with E-state index in [1.165, 1.54) is 11.3 Å². The van der Waals surface area contributed by atoms with Crippen LogP contribution in [0.4, 0.5) is 10.7 Å². The molecule has 1 atom stereocenters. The molecule has 2 aliphatic heterocycles. The van der Waals surface area contributed by atoms with Crippen molar-refractivity contribution in [3.63, 3.8) is 0 Å². The Morgan fingerprint density at radius 3 is 2.80 bits per heavy atom. The fourth-order valence-corrected chi connectivity index (χ4v) is 4.64. The molecular formula is C22H24N4O3S. The van der Waals surface area contributed by atoms with Crippen LogP contribution in [0.25, 0.3) is 0 Å². The van der Waals surface area contributed by atoms with Gasteiger partial charge in [-0.05, 0) is 42.8 Å². The molecule has 1 saturated heterocycles. The molecule has 0 bridgehead atoms. The smallest absolute Gasteiger partial charge is 0.265 e. The van der Waals surface area contributed by atoms with Crippen LogP contribution in [0.1, 0.15) is 31.2 Å². The quantitative estimate of drug-likeness (QED) is 0.797. The first-order valence-electron chi connectivity index (χ1n) is 10.2. The first-order chi connectivity index (χ1) is 14.7. The third-order valence-corrected chi connectivity index (χ3v) is 6.28. The second kappa shape index (κ2) is 9.18. The number of nitrogens with zero attached hydrogens (tertiary/aromatic N) is 3. The Kier molecular flexibility index (Phi) is 6.19. The van der Waals surface area contributed by atoms with E-state index in [2.05, 4.69) is 11.4 Å². The van der Waals surface area contributed by atoms with Crippen LogP contribution in [0.2, 0.25) is 0 Å². The van der Waals surface area contributed by atoms with E-state index in [-0.39, 0.29) is 18.2 Å². The summed E-state index contributed by atoms with van der Waals surface area (Å²) < 4.78 is 6.03. The molecule has 30 heavy (non-hydrogen) atoms. The summed E-state index contributed by atoms with van der Waals surface area (Å²) in [7, 11) is 0. The third kappa shape index (κ3) is 4.41. The number of carbonyl (C=O) groups excluding carboxylic acids is 2. The lowest BCUT2D eigenvalue weighted by molar-refractivity contribution is -0.139. The molecule has 0 spiro atoms. The molecular weight excluding hydrogens is 400 g/mol. The molecule has 4 rings (SSSR count). The standard InChI is InChI=1S/C22H24N4O3S/c23-14-16-9-13-30-21(16)24-20(27)8-12-26-15-19(22(28)25-10-4-1-5-11-25)29-18-7-3-2-6-17(18)26/h2-3,6-7,9,13,19H,1,4-5,8,10-12,15H2,(H,24,27)/t19-/m1/s1.